The molecule has 0 spiro atoms. The lowest BCUT2D eigenvalue weighted by Gasteiger charge is -2.30. The van der Waals surface area contributed by atoms with Gasteiger partial charge < -0.3 is 22.1 Å². The van der Waals surface area contributed by atoms with Crippen LogP contribution in [0.2, 0.25) is 0 Å². The van der Waals surface area contributed by atoms with Gasteiger partial charge in [0.1, 0.15) is 17.3 Å². The molecule has 0 radical (unpaired) electrons. The quantitative estimate of drug-likeness (QED) is 0.575. The van der Waals surface area contributed by atoms with Crippen molar-refractivity contribution in [1.82, 2.24) is 15.3 Å². The molecule has 2 amide bonds. The number of primary amides is 1. The molecule has 30 heavy (non-hydrogen) atoms. The molecule has 158 valence electrons. The Bertz CT molecular complexity index is 993. The smallest absolute Gasteiger partial charge is 0.252 e. The third kappa shape index (κ3) is 4.46. The molecular weight excluding hydrogens is 387 g/mol. The van der Waals surface area contributed by atoms with Crippen LogP contribution in [-0.2, 0) is 0 Å². The van der Waals surface area contributed by atoms with Crippen LogP contribution in [0.5, 0.6) is 0 Å². The van der Waals surface area contributed by atoms with Crippen molar-refractivity contribution < 1.29 is 14.0 Å². The first kappa shape index (κ1) is 21.4. The number of nitrogens with two attached hydrogens (primary N) is 2. The van der Waals surface area contributed by atoms with E-state index in [2.05, 4.69) is 27.2 Å². The first-order chi connectivity index (χ1) is 14.3. The number of nitrogens with zero attached hydrogens (tertiary/aromatic N) is 2. The summed E-state index contributed by atoms with van der Waals surface area (Å²) in [7, 11) is 1.50. The van der Waals surface area contributed by atoms with Gasteiger partial charge in [-0.25, -0.2) is 9.37 Å². The monoisotopic (exact) mass is 412 g/mol. The Morgan fingerprint density at radius 2 is 1.97 bits per heavy atom. The minimum atomic E-state index is -0.842. The second kappa shape index (κ2) is 9.00. The van der Waals surface area contributed by atoms with Crippen molar-refractivity contribution in [3.05, 3.63) is 53.7 Å². The predicted octanol–water partition coefficient (Wildman–Crippen LogP) is 2.35. The van der Waals surface area contributed by atoms with Gasteiger partial charge in [0.05, 0.1) is 23.0 Å². The van der Waals surface area contributed by atoms with Gasteiger partial charge in [-0.2, -0.15) is 0 Å². The van der Waals surface area contributed by atoms with Gasteiger partial charge in [-0.15, -0.1) is 0 Å². The van der Waals surface area contributed by atoms with E-state index in [1.807, 2.05) is 0 Å². The molecule has 6 N–H and O–H groups in total. The van der Waals surface area contributed by atoms with Crippen LogP contribution in [-0.4, -0.2) is 34.9 Å². The minimum Gasteiger partial charge on any atom is -0.365 e. The zero-order chi connectivity index (χ0) is 21.8. The number of anilines is 2. The average Bonchev–Trinajstić information content (AvgIpc) is 2.74. The topological polar surface area (TPSA) is 136 Å². The van der Waals surface area contributed by atoms with Crippen LogP contribution >= 0.6 is 0 Å². The largest absolute Gasteiger partial charge is 0.365 e. The van der Waals surface area contributed by atoms with E-state index >= 15 is 0 Å². The molecule has 3 rings (SSSR count). The summed E-state index contributed by atoms with van der Waals surface area (Å²) in [5.74, 6) is -1.89. The third-order valence-electron chi connectivity index (χ3n) is 5.30. The summed E-state index contributed by atoms with van der Waals surface area (Å²) in [5, 5.41) is 5.42. The van der Waals surface area contributed by atoms with Crippen molar-refractivity contribution in [2.45, 2.75) is 31.7 Å². The van der Waals surface area contributed by atoms with Crippen molar-refractivity contribution in [2.24, 2.45) is 17.4 Å². The summed E-state index contributed by atoms with van der Waals surface area (Å²) >= 11 is 0. The van der Waals surface area contributed by atoms with Crippen molar-refractivity contribution in [1.29, 1.82) is 0 Å². The van der Waals surface area contributed by atoms with E-state index in [4.69, 9.17) is 11.5 Å². The first-order valence-corrected chi connectivity index (χ1v) is 9.71. The number of amides is 2. The Balaban J connectivity index is 1.99. The molecule has 0 aliphatic heterocycles. The van der Waals surface area contributed by atoms with Gasteiger partial charge in [0.2, 0.25) is 0 Å². The van der Waals surface area contributed by atoms with Gasteiger partial charge in [0.15, 0.2) is 0 Å². The molecule has 0 bridgehead atoms. The maximum absolute atomic E-state index is 14.8. The van der Waals surface area contributed by atoms with Gasteiger partial charge in [0, 0.05) is 25.2 Å². The molecule has 2 aromatic rings. The molecular formula is C21H25FN6O2. The summed E-state index contributed by atoms with van der Waals surface area (Å²) in [5.41, 5.74) is 12.8. The van der Waals surface area contributed by atoms with Crippen LogP contribution in [0.1, 0.15) is 52.1 Å². The van der Waals surface area contributed by atoms with Gasteiger partial charge in [-0.3, -0.25) is 14.6 Å². The molecule has 0 aromatic carbocycles. The summed E-state index contributed by atoms with van der Waals surface area (Å²) < 4.78 is 14.8. The summed E-state index contributed by atoms with van der Waals surface area (Å²) in [6.45, 7) is 4.04. The lowest BCUT2D eigenvalue weighted by Crippen LogP contribution is -2.34. The number of halogens is 1. The highest BCUT2D eigenvalue weighted by atomic mass is 19.1. The standard InChI is InChI=1S/C21H25FN6O2/c1-11(14-5-3-4-6-17(14)23)18-16(22)8-15(19(24)29)20(28-18)27-13-7-12(9-26-10-13)21(30)25-2/h7-10,14,17H,1,3-6,23H2,2H3,(H2,24,29)(H,25,30)(H,27,28)/t14-,17-/m0/s1. The Labute approximate surface area is 174 Å². The lowest BCUT2D eigenvalue weighted by atomic mass is 9.79. The molecule has 0 unspecified atom stereocenters. The fourth-order valence-corrected chi connectivity index (χ4v) is 3.68. The van der Waals surface area contributed by atoms with Crippen molar-refractivity contribution in [3.63, 3.8) is 0 Å². The molecule has 2 heterocycles. The van der Waals surface area contributed by atoms with Gasteiger partial charge in [-0.1, -0.05) is 19.4 Å². The third-order valence-corrected chi connectivity index (χ3v) is 5.30. The number of pyridine rings is 2. The maximum Gasteiger partial charge on any atom is 0.252 e. The van der Waals surface area contributed by atoms with E-state index in [-0.39, 0.29) is 34.9 Å². The summed E-state index contributed by atoms with van der Waals surface area (Å²) in [6.07, 6.45) is 6.51. The van der Waals surface area contributed by atoms with Crippen LogP contribution in [0.15, 0.2) is 31.1 Å². The van der Waals surface area contributed by atoms with Gasteiger partial charge in [-0.05, 0) is 30.5 Å². The fraction of sp³-hybridized carbons (Fsp3) is 0.333. The summed E-state index contributed by atoms with van der Waals surface area (Å²) in [4.78, 5) is 32.0. The zero-order valence-corrected chi connectivity index (χ0v) is 16.7. The number of rotatable bonds is 6. The molecule has 1 aliphatic rings. The number of hydrogen-bond donors (Lipinski definition) is 4. The number of carbonyl (C=O) groups is 2. The minimum absolute atomic E-state index is 0.0419. The molecule has 0 saturated heterocycles. The highest BCUT2D eigenvalue weighted by Crippen LogP contribution is 2.35. The molecule has 8 nitrogen and oxygen atoms in total. The molecule has 1 fully saturated rings. The average molecular weight is 412 g/mol. The van der Waals surface area contributed by atoms with E-state index in [1.54, 1.807) is 0 Å². The number of hydrogen-bond acceptors (Lipinski definition) is 6. The van der Waals surface area contributed by atoms with E-state index in [0.717, 1.165) is 31.7 Å². The normalized spacial score (nSPS) is 18.5. The lowest BCUT2D eigenvalue weighted by molar-refractivity contribution is 0.0961. The van der Waals surface area contributed by atoms with Gasteiger partial charge >= 0.3 is 0 Å². The Kier molecular flexibility index (Phi) is 6.41. The van der Waals surface area contributed by atoms with Crippen LogP contribution in [0.25, 0.3) is 5.57 Å². The number of nitrogens with one attached hydrogen (secondary N) is 2. The van der Waals surface area contributed by atoms with E-state index in [0.29, 0.717) is 16.8 Å². The molecule has 1 aliphatic carbocycles. The Hall–Kier alpha value is -3.33. The van der Waals surface area contributed by atoms with Crippen molar-refractivity contribution >= 4 is 28.9 Å². The second-order valence-electron chi connectivity index (χ2n) is 7.33. The first-order valence-electron chi connectivity index (χ1n) is 9.71. The van der Waals surface area contributed by atoms with Crippen LogP contribution in [0.3, 0.4) is 0 Å². The highest BCUT2D eigenvalue weighted by Gasteiger charge is 2.28. The molecule has 1 saturated carbocycles. The van der Waals surface area contributed by atoms with Crippen molar-refractivity contribution in [3.8, 4) is 0 Å². The Morgan fingerprint density at radius 1 is 1.23 bits per heavy atom. The van der Waals surface area contributed by atoms with Gasteiger partial charge in [0.25, 0.3) is 11.8 Å². The number of carbonyl (C=O) groups excluding carboxylic acids is 2. The van der Waals surface area contributed by atoms with Crippen LogP contribution < -0.4 is 22.1 Å². The second-order valence-corrected chi connectivity index (χ2v) is 7.33. The van der Waals surface area contributed by atoms with Crippen LogP contribution in [0, 0.1) is 11.7 Å². The predicted molar refractivity (Wildman–Crippen MR) is 113 cm³/mol. The Morgan fingerprint density at radius 3 is 2.63 bits per heavy atom. The summed E-state index contributed by atoms with van der Waals surface area (Å²) in [6, 6.07) is 2.46. The highest BCUT2D eigenvalue weighted by molar-refractivity contribution is 5.99. The van der Waals surface area contributed by atoms with Crippen LogP contribution in [0.4, 0.5) is 15.9 Å². The van der Waals surface area contributed by atoms with E-state index < -0.39 is 11.7 Å². The van der Waals surface area contributed by atoms with E-state index in [1.165, 1.54) is 25.5 Å². The molecule has 2 aromatic heterocycles. The maximum atomic E-state index is 14.8. The molecule has 2 atom stereocenters. The zero-order valence-electron chi connectivity index (χ0n) is 16.7. The van der Waals surface area contributed by atoms with E-state index in [9.17, 15) is 14.0 Å². The van der Waals surface area contributed by atoms with Crippen molar-refractivity contribution in [2.75, 3.05) is 12.4 Å². The number of aromatic nitrogens is 2. The fourth-order valence-electron chi connectivity index (χ4n) is 3.68. The molecule has 9 heteroatoms. The SMILES string of the molecule is C=C(c1nc(Nc2cncc(C(=O)NC)c2)c(C(N)=O)cc1F)[C@@H]1CCCC[C@@H]1N.